The van der Waals surface area contributed by atoms with Crippen LogP contribution in [0.3, 0.4) is 0 Å². The maximum Gasteiger partial charge on any atom is 0.444 e. The first-order valence-electron chi connectivity index (χ1n) is 6.32. The van der Waals surface area contributed by atoms with Crippen molar-refractivity contribution in [3.05, 3.63) is 11.5 Å². The molecule has 0 atom stereocenters. The zero-order valence-corrected chi connectivity index (χ0v) is 12.4. The van der Waals surface area contributed by atoms with Gasteiger partial charge in [0.1, 0.15) is 5.70 Å². The van der Waals surface area contributed by atoms with Crippen molar-refractivity contribution in [3.8, 4) is 0 Å². The third-order valence-electron chi connectivity index (χ3n) is 3.34. The highest BCUT2D eigenvalue weighted by molar-refractivity contribution is 8.15. The minimum Gasteiger partial charge on any atom is -0.291 e. The lowest BCUT2D eigenvalue weighted by atomic mass is 10.0. The van der Waals surface area contributed by atoms with E-state index in [1.54, 1.807) is 0 Å². The Balaban J connectivity index is 2.73. The molecule has 0 aromatic heterocycles. The summed E-state index contributed by atoms with van der Waals surface area (Å²) in [6.07, 6.45) is -19.0. The number of carbonyl (C=O) groups excluding carboxylic acids is 1. The fraction of sp³-hybridized carbons (Fsp3) is 0.636. The summed E-state index contributed by atoms with van der Waals surface area (Å²) in [6, 6.07) is 0. The minimum atomic E-state index is -6.36. The van der Waals surface area contributed by atoms with Crippen molar-refractivity contribution in [2.75, 3.05) is 6.54 Å². The number of hydrogen-bond donors (Lipinski definition) is 0. The van der Waals surface area contributed by atoms with E-state index in [0.717, 1.165) is 0 Å². The Hall–Kier alpha value is -1.47. The molecule has 1 fully saturated rings. The molecule has 2 aliphatic heterocycles. The number of hydrogen-bond acceptors (Lipinski definition) is 3. The van der Waals surface area contributed by atoms with Crippen LogP contribution in [0.1, 0.15) is 12.8 Å². The number of amidine groups is 1. The Labute approximate surface area is 136 Å². The van der Waals surface area contributed by atoms with E-state index in [9.17, 15) is 48.7 Å². The Bertz CT molecular complexity index is 631. The smallest absolute Gasteiger partial charge is 0.291 e. The van der Waals surface area contributed by atoms with Crippen LogP contribution in [-0.4, -0.2) is 45.8 Å². The molecule has 0 bridgehead atoms. The highest BCUT2D eigenvalue weighted by Gasteiger charge is 2.78. The number of allylic oxidation sites excluding steroid dienone is 1. The average molecular weight is 404 g/mol. The van der Waals surface area contributed by atoms with E-state index in [4.69, 9.17) is 0 Å². The normalized spacial score (nSPS) is 24.0. The van der Waals surface area contributed by atoms with Gasteiger partial charge in [0, 0.05) is 13.0 Å². The summed E-state index contributed by atoms with van der Waals surface area (Å²) in [5.41, 5.74) is -2.86. The number of halogens is 10. The number of aliphatic imine (C=N–C) groups is 1. The van der Waals surface area contributed by atoms with Crippen LogP contribution >= 0.6 is 11.8 Å². The average Bonchev–Trinajstić information content (AvgIpc) is 2.98. The standard InChI is InChI=1S/C11H6F10N2OS/c12-5(9(13,14)15)6-8(10(16,17)18,11(19,20)21)25-7(22-6)23-3-1-2-4(23)24/h1-3H2/b6-5+. The summed E-state index contributed by atoms with van der Waals surface area (Å²) in [5.74, 6) is -4.53. The van der Waals surface area contributed by atoms with E-state index in [-0.39, 0.29) is 19.4 Å². The second-order valence-electron chi connectivity index (χ2n) is 4.98. The minimum absolute atomic E-state index is 0.0598. The lowest BCUT2D eigenvalue weighted by molar-refractivity contribution is -0.253. The van der Waals surface area contributed by atoms with Crippen molar-refractivity contribution in [3.63, 3.8) is 0 Å². The van der Waals surface area contributed by atoms with Crippen LogP contribution in [0.2, 0.25) is 0 Å². The van der Waals surface area contributed by atoms with Gasteiger partial charge in [-0.3, -0.25) is 9.69 Å². The van der Waals surface area contributed by atoms with Gasteiger partial charge in [0.05, 0.1) is 0 Å². The van der Waals surface area contributed by atoms with Crippen LogP contribution in [0.25, 0.3) is 0 Å². The topological polar surface area (TPSA) is 32.7 Å². The molecule has 0 aliphatic carbocycles. The Morgan fingerprint density at radius 3 is 1.92 bits per heavy atom. The Morgan fingerprint density at radius 2 is 1.56 bits per heavy atom. The van der Waals surface area contributed by atoms with E-state index in [0.29, 0.717) is 4.90 Å². The lowest BCUT2D eigenvalue weighted by Crippen LogP contribution is -2.55. The first-order chi connectivity index (χ1) is 11.1. The third kappa shape index (κ3) is 3.08. The molecule has 142 valence electrons. The number of thioether (sulfide) groups is 1. The van der Waals surface area contributed by atoms with E-state index >= 15 is 0 Å². The van der Waals surface area contributed by atoms with Gasteiger partial charge in [0.15, 0.2) is 5.17 Å². The predicted octanol–water partition coefficient (Wildman–Crippen LogP) is 4.32. The number of alkyl halides is 9. The van der Waals surface area contributed by atoms with Crippen LogP contribution in [0.5, 0.6) is 0 Å². The van der Waals surface area contributed by atoms with Gasteiger partial charge in [-0.1, -0.05) is 11.8 Å². The van der Waals surface area contributed by atoms with Crippen molar-refractivity contribution in [1.82, 2.24) is 4.90 Å². The molecule has 0 N–H and O–H groups in total. The number of likely N-dealkylation sites (tertiary alicyclic amines) is 1. The maximum absolute atomic E-state index is 13.5. The first-order valence-corrected chi connectivity index (χ1v) is 7.13. The number of amides is 1. The largest absolute Gasteiger partial charge is 0.444 e. The molecular formula is C11H6F10N2OS. The van der Waals surface area contributed by atoms with Crippen LogP contribution < -0.4 is 0 Å². The number of carbonyl (C=O) groups is 1. The quantitative estimate of drug-likeness (QED) is 0.564. The van der Waals surface area contributed by atoms with Crippen LogP contribution in [0, 0.1) is 0 Å². The fourth-order valence-corrected chi connectivity index (χ4v) is 3.41. The lowest BCUT2D eigenvalue weighted by Gasteiger charge is -2.33. The Kier molecular flexibility index (Phi) is 4.58. The van der Waals surface area contributed by atoms with Gasteiger partial charge in [0.25, 0.3) is 4.75 Å². The van der Waals surface area contributed by atoms with Gasteiger partial charge in [-0.15, -0.1) is 0 Å². The first kappa shape index (κ1) is 19.8. The van der Waals surface area contributed by atoms with Crippen molar-refractivity contribution >= 4 is 22.8 Å². The van der Waals surface area contributed by atoms with Gasteiger partial charge in [0.2, 0.25) is 11.7 Å². The van der Waals surface area contributed by atoms with Crippen molar-refractivity contribution in [2.45, 2.75) is 36.1 Å². The van der Waals surface area contributed by atoms with E-state index < -0.39 is 57.6 Å². The summed E-state index contributed by atoms with van der Waals surface area (Å²) >= 11 is -1.17. The molecule has 25 heavy (non-hydrogen) atoms. The summed E-state index contributed by atoms with van der Waals surface area (Å²) in [7, 11) is 0. The SMILES string of the molecule is O=C1CCCN1C1=N/C(=C(/F)C(F)(F)F)C(C(F)(F)F)(C(F)(F)F)S1. The molecule has 14 heteroatoms. The zero-order valence-electron chi connectivity index (χ0n) is 11.6. The van der Waals surface area contributed by atoms with Crippen LogP contribution in [0.15, 0.2) is 16.5 Å². The maximum atomic E-state index is 13.5. The molecular weight excluding hydrogens is 398 g/mol. The monoisotopic (exact) mass is 404 g/mol. The molecule has 0 radical (unpaired) electrons. The van der Waals surface area contributed by atoms with Gasteiger partial charge < -0.3 is 0 Å². The summed E-state index contributed by atoms with van der Waals surface area (Å²) in [4.78, 5) is 14.5. The molecule has 2 aliphatic rings. The van der Waals surface area contributed by atoms with E-state index in [2.05, 4.69) is 4.99 Å². The van der Waals surface area contributed by atoms with Crippen molar-refractivity contribution < 1.29 is 48.7 Å². The highest BCUT2D eigenvalue weighted by Crippen LogP contribution is 2.62. The summed E-state index contributed by atoms with van der Waals surface area (Å²) in [5, 5.41) is -1.27. The number of nitrogens with zero attached hydrogens (tertiary/aromatic N) is 2. The Morgan fingerprint density at radius 1 is 1.04 bits per heavy atom. The molecule has 2 rings (SSSR count). The van der Waals surface area contributed by atoms with Crippen molar-refractivity contribution in [1.29, 1.82) is 0 Å². The third-order valence-corrected chi connectivity index (χ3v) is 4.80. The molecule has 1 saturated heterocycles. The fourth-order valence-electron chi connectivity index (χ4n) is 2.23. The second kappa shape index (κ2) is 5.77. The molecule has 0 aromatic carbocycles. The molecule has 1 amide bonds. The molecule has 0 aromatic rings. The van der Waals surface area contributed by atoms with E-state index in [1.165, 1.54) is 0 Å². The van der Waals surface area contributed by atoms with Gasteiger partial charge in [-0.25, -0.2) is 4.99 Å². The predicted molar refractivity (Wildman–Crippen MR) is 65.0 cm³/mol. The number of rotatable bonds is 0. The van der Waals surface area contributed by atoms with E-state index in [1.807, 2.05) is 0 Å². The van der Waals surface area contributed by atoms with Gasteiger partial charge >= 0.3 is 18.5 Å². The summed E-state index contributed by atoms with van der Waals surface area (Å²) < 4.78 is 125. The second-order valence-corrected chi connectivity index (χ2v) is 6.16. The summed E-state index contributed by atoms with van der Waals surface area (Å²) in [6.45, 7) is -0.336. The zero-order chi connectivity index (χ0) is 19.4. The van der Waals surface area contributed by atoms with Gasteiger partial charge in [-0.2, -0.15) is 43.9 Å². The van der Waals surface area contributed by atoms with Crippen molar-refractivity contribution in [2.24, 2.45) is 4.99 Å². The molecule has 0 spiro atoms. The molecule has 0 saturated carbocycles. The molecule has 0 unspecified atom stereocenters. The highest BCUT2D eigenvalue weighted by atomic mass is 32.2. The molecule has 3 nitrogen and oxygen atoms in total. The van der Waals surface area contributed by atoms with Gasteiger partial charge in [-0.05, 0) is 6.42 Å². The molecule has 2 heterocycles. The van der Waals surface area contributed by atoms with Crippen LogP contribution in [0.4, 0.5) is 43.9 Å². The van der Waals surface area contributed by atoms with Crippen LogP contribution in [-0.2, 0) is 4.79 Å².